The zero-order valence-corrected chi connectivity index (χ0v) is 17.2. The molecular weight excluding hydrogens is 335 g/mol. The second kappa shape index (κ2) is 8.29. The second-order valence-corrected chi connectivity index (χ2v) is 7.84. The van der Waals surface area contributed by atoms with Gasteiger partial charge in [-0.15, -0.1) is 0 Å². The van der Waals surface area contributed by atoms with Gasteiger partial charge in [-0.1, -0.05) is 27.7 Å². The van der Waals surface area contributed by atoms with E-state index in [0.29, 0.717) is 12.8 Å². The Morgan fingerprint density at radius 3 is 1.91 bits per heavy atom. The molecule has 1 heterocycles. The third kappa shape index (κ3) is 5.16. The number of ether oxygens (including phenoxy) is 2. The molecule has 1 aliphatic heterocycles. The van der Waals surface area contributed by atoms with Gasteiger partial charge in [0.1, 0.15) is 10.1 Å². The first-order valence-corrected chi connectivity index (χ1v) is 8.73. The van der Waals surface area contributed by atoms with E-state index in [1.807, 2.05) is 27.7 Å². The van der Waals surface area contributed by atoms with E-state index in [0.717, 1.165) is 0 Å². The maximum Gasteiger partial charge on any atom is 1.00 e. The Hall–Kier alpha value is -0.150. The monoisotopic (exact) mass is 358 g/mol. The molecule has 1 saturated heterocycles. The van der Waals surface area contributed by atoms with Crippen LogP contribution in [0.3, 0.4) is 0 Å². The summed E-state index contributed by atoms with van der Waals surface area (Å²) in [6.45, 7) is 7.73. The van der Waals surface area contributed by atoms with Gasteiger partial charge in [-0.3, -0.25) is 9.59 Å². The zero-order valence-electron chi connectivity index (χ0n) is 14.4. The van der Waals surface area contributed by atoms with E-state index in [2.05, 4.69) is 0 Å². The fourth-order valence-electron chi connectivity index (χ4n) is 2.48. The molecular formula is C14H23NaO7S. The molecule has 128 valence electrons. The van der Waals surface area contributed by atoms with Crippen LogP contribution in [0.2, 0.25) is 0 Å². The minimum atomic E-state index is -4.98. The molecule has 0 spiro atoms. The van der Waals surface area contributed by atoms with E-state index in [-0.39, 0.29) is 42.8 Å². The minimum absolute atomic E-state index is 0. The molecule has 3 atom stereocenters. The Bertz CT molecular complexity index is 547. The van der Waals surface area contributed by atoms with Crippen LogP contribution in [-0.4, -0.2) is 43.4 Å². The van der Waals surface area contributed by atoms with E-state index in [9.17, 15) is 22.6 Å². The number of rotatable bonds is 3. The molecule has 1 fully saturated rings. The first-order chi connectivity index (χ1) is 9.99. The molecule has 0 saturated carbocycles. The Balaban J connectivity index is 0.00000484. The summed E-state index contributed by atoms with van der Waals surface area (Å²) in [5, 5.41) is -2.05. The topological polar surface area (TPSA) is 110 Å². The molecule has 0 aromatic rings. The quantitative estimate of drug-likeness (QED) is 0.333. The van der Waals surface area contributed by atoms with Crippen LogP contribution >= 0.6 is 0 Å². The van der Waals surface area contributed by atoms with Gasteiger partial charge < -0.3 is 14.0 Å². The largest absolute Gasteiger partial charge is 1.00 e. The van der Waals surface area contributed by atoms with Gasteiger partial charge in [0.15, 0.2) is 5.25 Å². The van der Waals surface area contributed by atoms with Crippen molar-refractivity contribution in [2.24, 2.45) is 10.8 Å². The van der Waals surface area contributed by atoms with Crippen LogP contribution in [0.1, 0.15) is 47.0 Å². The van der Waals surface area contributed by atoms with Gasteiger partial charge in [0, 0.05) is 10.8 Å². The first kappa shape index (κ1) is 22.9. The first-order valence-electron chi connectivity index (χ1n) is 7.26. The number of cyclic esters (lactones) is 2. The molecule has 23 heavy (non-hydrogen) atoms. The van der Waals surface area contributed by atoms with E-state index >= 15 is 0 Å². The van der Waals surface area contributed by atoms with Gasteiger partial charge in [0.05, 0.1) is 19.6 Å². The van der Waals surface area contributed by atoms with Crippen molar-refractivity contribution in [1.29, 1.82) is 0 Å². The van der Waals surface area contributed by atoms with Gasteiger partial charge in [-0.05, 0) is 12.8 Å². The molecule has 9 heteroatoms. The van der Waals surface area contributed by atoms with Crippen molar-refractivity contribution in [3.63, 3.8) is 0 Å². The van der Waals surface area contributed by atoms with Crippen molar-refractivity contribution in [3.8, 4) is 0 Å². The average molecular weight is 358 g/mol. The van der Waals surface area contributed by atoms with Crippen molar-refractivity contribution in [2.45, 2.75) is 52.2 Å². The summed E-state index contributed by atoms with van der Waals surface area (Å²) in [5.41, 5.74) is -0.937. The van der Waals surface area contributed by atoms with Gasteiger partial charge in [0.2, 0.25) is 0 Å². The maximum atomic E-state index is 11.9. The number of hydrogen-bond acceptors (Lipinski definition) is 7. The number of carbonyl (C=O) groups excluding carboxylic acids is 2. The third-order valence-electron chi connectivity index (χ3n) is 5.07. The SMILES string of the molecule is CCC1(C)COC(=O)CC(S(=O)(=O)[O-])C(=O)OCC1(C)CC.[Na+]. The van der Waals surface area contributed by atoms with Gasteiger partial charge in [0.25, 0.3) is 0 Å². The predicted octanol–water partition coefficient (Wildman–Crippen LogP) is -1.77. The van der Waals surface area contributed by atoms with Crippen molar-refractivity contribution in [2.75, 3.05) is 13.2 Å². The molecule has 0 bridgehead atoms. The molecule has 0 aromatic carbocycles. The van der Waals surface area contributed by atoms with Gasteiger partial charge in [-0.25, -0.2) is 8.42 Å². The fourth-order valence-corrected chi connectivity index (χ4v) is 3.13. The summed E-state index contributed by atoms with van der Waals surface area (Å²) in [4.78, 5) is 23.7. The molecule has 1 rings (SSSR count). The van der Waals surface area contributed by atoms with Gasteiger partial charge >= 0.3 is 41.5 Å². The van der Waals surface area contributed by atoms with Crippen LogP contribution in [0.15, 0.2) is 0 Å². The molecule has 0 aromatic heterocycles. The molecule has 7 nitrogen and oxygen atoms in total. The number of hydrogen-bond donors (Lipinski definition) is 0. The van der Waals surface area contributed by atoms with Crippen molar-refractivity contribution < 1.29 is 61.6 Å². The van der Waals surface area contributed by atoms with E-state index in [4.69, 9.17) is 9.47 Å². The van der Waals surface area contributed by atoms with E-state index in [1.165, 1.54) is 0 Å². The van der Waals surface area contributed by atoms with Crippen LogP contribution < -0.4 is 29.6 Å². The number of carbonyl (C=O) groups is 2. The summed E-state index contributed by atoms with van der Waals surface area (Å²) in [7, 11) is -4.98. The summed E-state index contributed by atoms with van der Waals surface area (Å²) in [5.74, 6) is -2.08. The second-order valence-electron chi connectivity index (χ2n) is 6.28. The van der Waals surface area contributed by atoms with Crippen LogP contribution in [0, 0.1) is 10.8 Å². The molecule has 3 unspecified atom stereocenters. The molecule has 0 amide bonds. The van der Waals surface area contributed by atoms with Crippen molar-refractivity contribution in [3.05, 3.63) is 0 Å². The Morgan fingerprint density at radius 2 is 1.52 bits per heavy atom. The zero-order chi connectivity index (χ0) is 17.2. The summed E-state index contributed by atoms with van der Waals surface area (Å²) in [6, 6.07) is 0. The summed E-state index contributed by atoms with van der Waals surface area (Å²) >= 11 is 0. The standard InChI is InChI=1S/C14H24O7S.Na/c1-5-13(3)8-20-11(15)7-10(22(17,18)19)12(16)21-9-14(13,4)6-2;/h10H,5-9H2,1-4H3,(H,17,18,19);/q;+1/p-1. The summed E-state index contributed by atoms with van der Waals surface area (Å²) in [6.07, 6.45) is 0.510. The van der Waals surface area contributed by atoms with Crippen molar-refractivity contribution >= 4 is 22.1 Å². The Kier molecular flexibility index (Phi) is 8.24. The fraction of sp³-hybridized carbons (Fsp3) is 0.857. The Morgan fingerprint density at radius 1 is 1.09 bits per heavy atom. The normalized spacial score (nSPS) is 33.2. The van der Waals surface area contributed by atoms with E-state index in [1.54, 1.807) is 0 Å². The molecule has 1 aliphatic rings. The molecule has 0 aliphatic carbocycles. The van der Waals surface area contributed by atoms with Crippen molar-refractivity contribution in [1.82, 2.24) is 0 Å². The maximum absolute atomic E-state index is 11.9. The van der Waals surface area contributed by atoms with Crippen LogP contribution in [0.5, 0.6) is 0 Å². The van der Waals surface area contributed by atoms with Crippen LogP contribution in [-0.2, 0) is 29.2 Å². The summed E-state index contributed by atoms with van der Waals surface area (Å²) < 4.78 is 43.7. The van der Waals surface area contributed by atoms with Crippen LogP contribution in [0.4, 0.5) is 0 Å². The minimum Gasteiger partial charge on any atom is -0.747 e. The molecule has 0 N–H and O–H groups in total. The smallest absolute Gasteiger partial charge is 0.747 e. The third-order valence-corrected chi connectivity index (χ3v) is 6.12. The number of esters is 2. The molecule has 0 radical (unpaired) electrons. The predicted molar refractivity (Wildman–Crippen MR) is 76.8 cm³/mol. The van der Waals surface area contributed by atoms with Crippen LogP contribution in [0.25, 0.3) is 0 Å². The van der Waals surface area contributed by atoms with E-state index < -0.39 is 44.6 Å². The Labute approximate surface area is 159 Å². The average Bonchev–Trinajstić information content (AvgIpc) is 2.45. The van der Waals surface area contributed by atoms with Gasteiger partial charge in [-0.2, -0.15) is 0 Å².